The van der Waals surface area contributed by atoms with E-state index in [4.69, 9.17) is 5.14 Å². The van der Waals surface area contributed by atoms with Crippen LogP contribution < -0.4 is 10.0 Å². The van der Waals surface area contributed by atoms with Crippen LogP contribution in [0.25, 0.3) is 0 Å². The maximum Gasteiger partial charge on any atom is 0.158 e. The summed E-state index contributed by atoms with van der Waals surface area (Å²) in [6.45, 7) is 8.41. The fourth-order valence-corrected chi connectivity index (χ4v) is 6.61. The lowest BCUT2D eigenvalue weighted by Gasteiger charge is -2.44. The van der Waals surface area contributed by atoms with Gasteiger partial charge in [-0.3, -0.25) is 10.1 Å². The Bertz CT molecular complexity index is 1240. The van der Waals surface area contributed by atoms with Gasteiger partial charge in [-0.1, -0.05) is 11.8 Å². The number of nitrogens with zero attached hydrogens (tertiary/aromatic N) is 5. The van der Waals surface area contributed by atoms with Gasteiger partial charge in [0.1, 0.15) is 10.8 Å². The second kappa shape index (κ2) is 9.29. The first kappa shape index (κ1) is 24.4. The van der Waals surface area contributed by atoms with Crippen molar-refractivity contribution in [3.63, 3.8) is 0 Å². The molecule has 0 bridgehead atoms. The fourth-order valence-electron chi connectivity index (χ4n) is 5.48. The van der Waals surface area contributed by atoms with Crippen molar-refractivity contribution in [2.24, 2.45) is 10.6 Å². The second-order valence-electron chi connectivity index (χ2n) is 10.2. The van der Waals surface area contributed by atoms with Gasteiger partial charge in [0.25, 0.3) is 0 Å². The van der Waals surface area contributed by atoms with Crippen LogP contribution in [-0.4, -0.2) is 41.6 Å². The van der Waals surface area contributed by atoms with Gasteiger partial charge in [0, 0.05) is 43.6 Å². The molecule has 3 aromatic heterocycles. The summed E-state index contributed by atoms with van der Waals surface area (Å²) in [4.78, 5) is 15.9. The number of hydrogen-bond donors (Lipinski definition) is 1. The summed E-state index contributed by atoms with van der Waals surface area (Å²) in [6.07, 6.45) is 10.1. The van der Waals surface area contributed by atoms with Crippen LogP contribution in [0.4, 0.5) is 10.2 Å². The Labute approximate surface area is 212 Å². The van der Waals surface area contributed by atoms with Crippen molar-refractivity contribution < 1.29 is 8.60 Å². The summed E-state index contributed by atoms with van der Waals surface area (Å²) < 4.78 is 28.4. The summed E-state index contributed by atoms with van der Waals surface area (Å²) in [5.74, 6) is 0.849. The zero-order valence-electron chi connectivity index (χ0n) is 20.3. The molecule has 0 aliphatic carbocycles. The van der Waals surface area contributed by atoms with Gasteiger partial charge in [0.2, 0.25) is 0 Å². The highest BCUT2D eigenvalue weighted by Gasteiger charge is 2.50. The highest BCUT2D eigenvalue weighted by Crippen LogP contribution is 2.54. The highest BCUT2D eigenvalue weighted by atomic mass is 32.2. The van der Waals surface area contributed by atoms with Crippen molar-refractivity contribution in [3.8, 4) is 0 Å². The molecule has 1 saturated heterocycles. The number of fused-ring (bicyclic) bond motifs is 1. The molecule has 186 valence electrons. The Balaban J connectivity index is 1.28. The minimum absolute atomic E-state index is 0.129. The van der Waals surface area contributed by atoms with Crippen molar-refractivity contribution >= 4 is 28.6 Å². The predicted molar refractivity (Wildman–Crippen MR) is 137 cm³/mol. The number of rotatable bonds is 6. The number of pyridine rings is 1. The van der Waals surface area contributed by atoms with Crippen LogP contribution in [0.3, 0.4) is 0 Å². The zero-order chi connectivity index (χ0) is 24.8. The van der Waals surface area contributed by atoms with E-state index in [0.717, 1.165) is 44.7 Å². The van der Waals surface area contributed by atoms with E-state index in [1.54, 1.807) is 31.6 Å². The molecule has 2 N–H and O–H groups in total. The van der Waals surface area contributed by atoms with Crippen LogP contribution in [0.15, 0.2) is 52.9 Å². The minimum Gasteiger partial charge on any atom is -0.355 e. The molecular formula is C25H31FN6OS2. The van der Waals surface area contributed by atoms with Crippen molar-refractivity contribution in [1.82, 2.24) is 19.5 Å². The number of piperidine rings is 1. The molecule has 0 saturated carbocycles. The number of halogens is 1. The molecule has 5 heterocycles. The van der Waals surface area contributed by atoms with E-state index in [-0.39, 0.29) is 11.2 Å². The third-order valence-electron chi connectivity index (χ3n) is 7.63. The maximum absolute atomic E-state index is 14.3. The average Bonchev–Trinajstić information content (AvgIpc) is 3.38. The topological polar surface area (TPSA) is 89.9 Å². The number of aromatic nitrogens is 4. The van der Waals surface area contributed by atoms with Crippen LogP contribution in [0, 0.1) is 18.2 Å². The predicted octanol–water partition coefficient (Wildman–Crippen LogP) is 4.45. The number of hydrogen-bond acceptors (Lipinski definition) is 6. The summed E-state index contributed by atoms with van der Waals surface area (Å²) >= 11 is 1.26. The van der Waals surface area contributed by atoms with Gasteiger partial charge in [-0.2, -0.15) is 0 Å². The molecule has 7 nitrogen and oxygen atoms in total. The third-order valence-corrected chi connectivity index (χ3v) is 9.84. The molecule has 2 aliphatic rings. The van der Waals surface area contributed by atoms with Crippen LogP contribution in [-0.2, 0) is 17.5 Å². The molecule has 1 spiro atoms. The minimum atomic E-state index is -1.38. The molecule has 0 amide bonds. The van der Waals surface area contributed by atoms with Gasteiger partial charge in [0.05, 0.1) is 38.7 Å². The summed E-state index contributed by atoms with van der Waals surface area (Å²) in [5.41, 5.74) is 1.83. The Morgan fingerprint density at radius 3 is 2.69 bits per heavy atom. The van der Waals surface area contributed by atoms with Gasteiger partial charge in [-0.25, -0.2) is 18.6 Å². The molecule has 5 rings (SSSR count). The monoisotopic (exact) mass is 514 g/mol. The van der Waals surface area contributed by atoms with E-state index >= 15 is 0 Å². The zero-order valence-corrected chi connectivity index (χ0v) is 21.9. The Morgan fingerprint density at radius 1 is 1.23 bits per heavy atom. The van der Waals surface area contributed by atoms with Crippen molar-refractivity contribution in [2.75, 3.05) is 18.0 Å². The van der Waals surface area contributed by atoms with Gasteiger partial charge in [-0.05, 0) is 63.6 Å². The van der Waals surface area contributed by atoms with E-state index in [1.165, 1.54) is 17.5 Å². The van der Waals surface area contributed by atoms with Gasteiger partial charge >= 0.3 is 0 Å². The second-order valence-corrected chi connectivity index (χ2v) is 13.0. The van der Waals surface area contributed by atoms with E-state index in [2.05, 4.69) is 42.7 Å². The summed E-state index contributed by atoms with van der Waals surface area (Å²) in [5, 5.41) is 6.50. The molecule has 1 fully saturated rings. The van der Waals surface area contributed by atoms with Crippen molar-refractivity contribution in [2.45, 2.75) is 67.2 Å². The lowest BCUT2D eigenvalue weighted by atomic mass is 9.67. The lowest BCUT2D eigenvalue weighted by molar-refractivity contribution is 0.159. The molecule has 2 aliphatic heterocycles. The smallest absolute Gasteiger partial charge is 0.158 e. The molecule has 1 unspecified atom stereocenters. The first-order valence-corrected chi connectivity index (χ1v) is 13.9. The van der Waals surface area contributed by atoms with Gasteiger partial charge in [0.15, 0.2) is 5.82 Å². The quantitative estimate of drug-likeness (QED) is 0.523. The van der Waals surface area contributed by atoms with E-state index in [9.17, 15) is 8.60 Å². The number of aryl methyl sites for hydroxylation is 1. The molecule has 3 aromatic rings. The van der Waals surface area contributed by atoms with Gasteiger partial charge < -0.3 is 9.47 Å². The Kier molecular flexibility index (Phi) is 6.48. The molecule has 0 radical (unpaired) electrons. The summed E-state index contributed by atoms with van der Waals surface area (Å²) in [6, 6.07) is 5.96. The standard InChI is InChI=1S/C25H31FN6OS2/c1-17-23(26)20(6-9-28-17)34-22-15-29-21(14-30-22)31-11-7-25(8-12-31)16-32-10-4-5-19(32)18(25)13-24(2,3)35(27)33/h4-6,9-10,14-15,18H,7-8,11-13,16,27H2,1-3H3/t18-,35?/m1/s1. The maximum atomic E-state index is 14.3. The molecule has 2 atom stereocenters. The Hall–Kier alpha value is -2.30. The van der Waals surface area contributed by atoms with Gasteiger partial charge in [-0.15, -0.1) is 0 Å². The SMILES string of the molecule is Cc1nccc(Sc2cnc(N3CCC4(CC3)Cn3cccc3[C@H]4CC(C)(C)S(N)=O)cn2)c1F. The molecule has 10 heteroatoms. The van der Waals surface area contributed by atoms with Crippen molar-refractivity contribution in [3.05, 3.63) is 60.2 Å². The van der Waals surface area contributed by atoms with Crippen LogP contribution in [0.5, 0.6) is 0 Å². The largest absolute Gasteiger partial charge is 0.355 e. The molecule has 0 aromatic carbocycles. The van der Waals surface area contributed by atoms with E-state index in [0.29, 0.717) is 21.5 Å². The third kappa shape index (κ3) is 4.63. The van der Waals surface area contributed by atoms with E-state index < -0.39 is 15.7 Å². The van der Waals surface area contributed by atoms with E-state index in [1.807, 2.05) is 13.8 Å². The summed E-state index contributed by atoms with van der Waals surface area (Å²) in [7, 11) is -1.38. The number of nitrogens with two attached hydrogens (primary N) is 1. The molecular weight excluding hydrogens is 483 g/mol. The average molecular weight is 515 g/mol. The lowest BCUT2D eigenvalue weighted by Crippen LogP contribution is -2.45. The van der Waals surface area contributed by atoms with Crippen molar-refractivity contribution in [1.29, 1.82) is 0 Å². The van der Waals surface area contributed by atoms with Crippen LogP contribution in [0.1, 0.15) is 50.4 Å². The normalized spacial score (nSPS) is 20.3. The fraction of sp³-hybridized carbons (Fsp3) is 0.480. The Morgan fingerprint density at radius 2 is 2.00 bits per heavy atom. The first-order chi connectivity index (χ1) is 16.7. The number of anilines is 1. The molecule has 35 heavy (non-hydrogen) atoms. The first-order valence-electron chi connectivity index (χ1n) is 11.9. The van der Waals surface area contributed by atoms with Crippen LogP contribution >= 0.6 is 11.8 Å². The van der Waals surface area contributed by atoms with Crippen LogP contribution in [0.2, 0.25) is 0 Å². The highest BCUT2D eigenvalue weighted by molar-refractivity contribution is 7.99.